The maximum absolute atomic E-state index is 10.9. The van der Waals surface area contributed by atoms with Gasteiger partial charge in [0.1, 0.15) is 12.3 Å². The molecule has 0 fully saturated rings. The molecule has 1 rings (SSSR count). The number of nitrogens with two attached hydrogens (primary N) is 1. The molecule has 0 saturated heterocycles. The van der Waals surface area contributed by atoms with Gasteiger partial charge in [0, 0.05) is 11.3 Å². The fourth-order valence-corrected chi connectivity index (χ4v) is 1.33. The highest BCUT2D eigenvalue weighted by atomic mass is 16.4. The van der Waals surface area contributed by atoms with E-state index in [-0.39, 0.29) is 12.3 Å². The molecule has 1 aromatic rings. The maximum Gasteiger partial charge on any atom is 0.322 e. The SMILES string of the molecule is Cc1ccc(C(=N)C(N)=O)c(NCC(=O)O)c1. The Bertz CT molecular complexity index is 483. The highest BCUT2D eigenvalue weighted by Gasteiger charge is 2.13. The molecule has 0 atom stereocenters. The lowest BCUT2D eigenvalue weighted by molar-refractivity contribution is -0.134. The van der Waals surface area contributed by atoms with Gasteiger partial charge in [-0.2, -0.15) is 0 Å². The monoisotopic (exact) mass is 235 g/mol. The van der Waals surface area contributed by atoms with E-state index in [4.69, 9.17) is 16.2 Å². The Hall–Kier alpha value is -2.37. The van der Waals surface area contributed by atoms with E-state index in [0.29, 0.717) is 11.3 Å². The van der Waals surface area contributed by atoms with Gasteiger partial charge < -0.3 is 16.2 Å². The van der Waals surface area contributed by atoms with Gasteiger partial charge in [0.25, 0.3) is 5.91 Å². The van der Waals surface area contributed by atoms with Crippen LogP contribution in [-0.4, -0.2) is 29.2 Å². The van der Waals surface area contributed by atoms with E-state index in [0.717, 1.165) is 5.56 Å². The van der Waals surface area contributed by atoms with Crippen LogP contribution in [0.2, 0.25) is 0 Å². The van der Waals surface area contributed by atoms with Crippen molar-refractivity contribution in [3.8, 4) is 0 Å². The van der Waals surface area contributed by atoms with E-state index in [2.05, 4.69) is 5.32 Å². The Labute approximate surface area is 97.9 Å². The second-order valence-corrected chi connectivity index (χ2v) is 3.54. The first kappa shape index (κ1) is 12.7. The number of carbonyl (C=O) groups is 2. The lowest BCUT2D eigenvalue weighted by Gasteiger charge is -2.11. The highest BCUT2D eigenvalue weighted by molar-refractivity contribution is 6.44. The van der Waals surface area contributed by atoms with E-state index in [1.165, 1.54) is 0 Å². The second kappa shape index (κ2) is 5.11. The van der Waals surface area contributed by atoms with Gasteiger partial charge in [-0.15, -0.1) is 0 Å². The van der Waals surface area contributed by atoms with Gasteiger partial charge in [-0.1, -0.05) is 12.1 Å². The summed E-state index contributed by atoms with van der Waals surface area (Å²) in [5.41, 5.74) is 6.27. The molecular formula is C11H13N3O3. The van der Waals surface area contributed by atoms with Gasteiger partial charge in [-0.3, -0.25) is 15.0 Å². The van der Waals surface area contributed by atoms with Crippen molar-refractivity contribution in [1.29, 1.82) is 5.41 Å². The number of benzene rings is 1. The zero-order valence-electron chi connectivity index (χ0n) is 9.28. The van der Waals surface area contributed by atoms with E-state index in [1.54, 1.807) is 18.2 Å². The lowest BCUT2D eigenvalue weighted by Crippen LogP contribution is -2.25. The van der Waals surface area contributed by atoms with Gasteiger partial charge in [-0.25, -0.2) is 0 Å². The molecule has 0 saturated carbocycles. The molecule has 6 nitrogen and oxygen atoms in total. The zero-order chi connectivity index (χ0) is 13.0. The van der Waals surface area contributed by atoms with Crippen LogP contribution in [-0.2, 0) is 9.59 Å². The van der Waals surface area contributed by atoms with Crippen molar-refractivity contribution in [2.75, 3.05) is 11.9 Å². The number of aryl methyl sites for hydroxylation is 1. The van der Waals surface area contributed by atoms with Crippen molar-refractivity contribution in [1.82, 2.24) is 0 Å². The molecule has 0 radical (unpaired) electrons. The number of carbonyl (C=O) groups excluding carboxylic acids is 1. The third-order valence-corrected chi connectivity index (χ3v) is 2.12. The molecule has 17 heavy (non-hydrogen) atoms. The number of hydrogen-bond donors (Lipinski definition) is 4. The molecule has 0 heterocycles. The predicted octanol–water partition coefficient (Wildman–Crippen LogP) is 0.345. The van der Waals surface area contributed by atoms with Gasteiger partial charge in [0.2, 0.25) is 0 Å². The minimum Gasteiger partial charge on any atom is -0.480 e. The van der Waals surface area contributed by atoms with Crippen molar-refractivity contribution in [2.45, 2.75) is 6.92 Å². The smallest absolute Gasteiger partial charge is 0.322 e. The van der Waals surface area contributed by atoms with Crippen LogP contribution in [0.1, 0.15) is 11.1 Å². The Balaban J connectivity index is 3.07. The summed E-state index contributed by atoms with van der Waals surface area (Å²) in [5, 5.41) is 18.7. The summed E-state index contributed by atoms with van der Waals surface area (Å²) >= 11 is 0. The van der Waals surface area contributed by atoms with Crippen molar-refractivity contribution in [2.24, 2.45) is 5.73 Å². The number of aliphatic carboxylic acids is 1. The first-order chi connectivity index (χ1) is 7.91. The lowest BCUT2D eigenvalue weighted by atomic mass is 10.0. The van der Waals surface area contributed by atoms with E-state index in [1.807, 2.05) is 6.92 Å². The van der Waals surface area contributed by atoms with Crippen LogP contribution in [0.3, 0.4) is 0 Å². The molecule has 0 spiro atoms. The minimum absolute atomic E-state index is 0.289. The fourth-order valence-electron chi connectivity index (χ4n) is 1.33. The molecule has 90 valence electrons. The molecular weight excluding hydrogens is 222 g/mol. The van der Waals surface area contributed by atoms with E-state index >= 15 is 0 Å². The largest absolute Gasteiger partial charge is 0.480 e. The molecule has 6 heteroatoms. The van der Waals surface area contributed by atoms with E-state index < -0.39 is 11.9 Å². The number of primary amides is 1. The van der Waals surface area contributed by atoms with Crippen LogP contribution in [0.25, 0.3) is 0 Å². The summed E-state index contributed by atoms with van der Waals surface area (Å²) in [5.74, 6) is -1.88. The molecule has 0 aliphatic carbocycles. The van der Waals surface area contributed by atoms with Crippen molar-refractivity contribution >= 4 is 23.3 Å². The zero-order valence-corrected chi connectivity index (χ0v) is 9.28. The van der Waals surface area contributed by atoms with Gasteiger partial charge in [0.05, 0.1) is 0 Å². The summed E-state index contributed by atoms with van der Waals surface area (Å²) in [6.45, 7) is 1.53. The van der Waals surface area contributed by atoms with Crippen LogP contribution < -0.4 is 11.1 Å². The molecule has 1 amide bonds. The Kier molecular flexibility index (Phi) is 3.82. The number of hydrogen-bond acceptors (Lipinski definition) is 4. The number of nitrogens with one attached hydrogen (secondary N) is 2. The molecule has 0 bridgehead atoms. The summed E-state index contributed by atoms with van der Waals surface area (Å²) in [6, 6.07) is 4.95. The number of rotatable bonds is 5. The van der Waals surface area contributed by atoms with Crippen LogP contribution >= 0.6 is 0 Å². The average molecular weight is 235 g/mol. The van der Waals surface area contributed by atoms with Crippen LogP contribution in [0.15, 0.2) is 18.2 Å². The average Bonchev–Trinajstić information content (AvgIpc) is 2.25. The predicted molar refractivity (Wildman–Crippen MR) is 63.3 cm³/mol. The Morgan fingerprint density at radius 1 is 1.47 bits per heavy atom. The minimum atomic E-state index is -1.02. The third-order valence-electron chi connectivity index (χ3n) is 2.12. The normalized spacial score (nSPS) is 9.71. The Morgan fingerprint density at radius 3 is 2.65 bits per heavy atom. The van der Waals surface area contributed by atoms with Crippen molar-refractivity contribution in [3.63, 3.8) is 0 Å². The molecule has 0 aliphatic heterocycles. The van der Waals surface area contributed by atoms with E-state index in [9.17, 15) is 9.59 Å². The third kappa shape index (κ3) is 3.30. The first-order valence-electron chi connectivity index (χ1n) is 4.87. The van der Waals surface area contributed by atoms with Gasteiger partial charge in [0.15, 0.2) is 0 Å². The Morgan fingerprint density at radius 2 is 2.12 bits per heavy atom. The van der Waals surface area contributed by atoms with Crippen LogP contribution in [0.4, 0.5) is 5.69 Å². The topological polar surface area (TPSA) is 116 Å². The number of amides is 1. The molecule has 1 aromatic carbocycles. The van der Waals surface area contributed by atoms with Crippen LogP contribution in [0.5, 0.6) is 0 Å². The highest BCUT2D eigenvalue weighted by Crippen LogP contribution is 2.17. The quantitative estimate of drug-likeness (QED) is 0.551. The standard InChI is InChI=1S/C11H13N3O3/c1-6-2-3-7(10(12)11(13)17)8(4-6)14-5-9(15)16/h2-4,12,14H,5H2,1H3,(H2,13,17)(H,15,16). The summed E-state index contributed by atoms with van der Waals surface area (Å²) in [6.07, 6.45) is 0. The fraction of sp³-hybridized carbons (Fsp3) is 0.182. The van der Waals surface area contributed by atoms with Crippen LogP contribution in [0, 0.1) is 12.3 Å². The number of carboxylic acid groups (broad SMARTS) is 1. The molecule has 0 aromatic heterocycles. The summed E-state index contributed by atoms with van der Waals surface area (Å²) in [4.78, 5) is 21.4. The molecule has 0 aliphatic rings. The summed E-state index contributed by atoms with van der Waals surface area (Å²) < 4.78 is 0. The second-order valence-electron chi connectivity index (χ2n) is 3.54. The van der Waals surface area contributed by atoms with Gasteiger partial charge >= 0.3 is 5.97 Å². The van der Waals surface area contributed by atoms with Crippen molar-refractivity contribution < 1.29 is 14.7 Å². The number of anilines is 1. The molecule has 0 unspecified atom stereocenters. The van der Waals surface area contributed by atoms with Gasteiger partial charge in [-0.05, 0) is 18.6 Å². The number of carboxylic acids is 1. The maximum atomic E-state index is 10.9. The first-order valence-corrected chi connectivity index (χ1v) is 4.87. The summed E-state index contributed by atoms with van der Waals surface area (Å²) in [7, 11) is 0. The van der Waals surface area contributed by atoms with Crippen molar-refractivity contribution in [3.05, 3.63) is 29.3 Å². The molecule has 5 N–H and O–H groups in total.